The van der Waals surface area contributed by atoms with Gasteiger partial charge in [0, 0.05) is 0 Å². The molecule has 1 atom stereocenters. The van der Waals surface area contributed by atoms with Gasteiger partial charge in [-0.25, -0.2) is 0 Å². The van der Waals surface area contributed by atoms with E-state index in [9.17, 15) is 4.79 Å². The van der Waals surface area contributed by atoms with Gasteiger partial charge in [0.2, 0.25) is 5.91 Å². The summed E-state index contributed by atoms with van der Waals surface area (Å²) in [6.07, 6.45) is 0.396. The van der Waals surface area contributed by atoms with E-state index in [0.717, 1.165) is 11.3 Å². The topological polar surface area (TPSA) is 92.8 Å². The summed E-state index contributed by atoms with van der Waals surface area (Å²) in [6, 6.07) is 14.5. The summed E-state index contributed by atoms with van der Waals surface area (Å²) < 4.78 is 5.23. The highest BCUT2D eigenvalue weighted by atomic mass is 35.5. The Hall–Kier alpha value is -2.93. The Balaban J connectivity index is 1.85. The summed E-state index contributed by atoms with van der Waals surface area (Å²) >= 11 is 6.12. The lowest BCUT2D eigenvalue weighted by Gasteiger charge is -2.15. The van der Waals surface area contributed by atoms with Gasteiger partial charge in [-0.1, -0.05) is 41.1 Å². The van der Waals surface area contributed by atoms with Gasteiger partial charge in [0.15, 0.2) is 5.82 Å². The summed E-state index contributed by atoms with van der Waals surface area (Å²) in [6.45, 7) is 0. The molecule has 2 aromatic carbocycles. The number of hydrogen-bond donors (Lipinski definition) is 2. The highest BCUT2D eigenvalue weighted by molar-refractivity contribution is 6.33. The van der Waals surface area contributed by atoms with Crippen molar-refractivity contribution >= 4 is 23.2 Å². The van der Waals surface area contributed by atoms with Crippen LogP contribution in [0, 0.1) is 0 Å². The van der Waals surface area contributed by atoms with E-state index in [1.54, 1.807) is 31.4 Å². The predicted octanol–water partition coefficient (Wildman–Crippen LogP) is 2.83. The largest absolute Gasteiger partial charge is 0.497 e. The molecule has 3 rings (SSSR count). The number of nitrogens with zero attached hydrogens (tertiary/aromatic N) is 3. The van der Waals surface area contributed by atoms with Gasteiger partial charge in [-0.05, 0) is 36.2 Å². The maximum absolute atomic E-state index is 12.8. The number of anilines is 1. The number of carbonyl (C=O) groups excluding carboxylic acids is 1. The first kappa shape index (κ1) is 16.9. The second-order valence-electron chi connectivity index (χ2n) is 5.35. The molecule has 0 aliphatic carbocycles. The Morgan fingerprint density at radius 3 is 2.84 bits per heavy atom. The average Bonchev–Trinajstić information content (AvgIpc) is 3.16. The fourth-order valence-corrected chi connectivity index (χ4v) is 2.62. The van der Waals surface area contributed by atoms with Crippen molar-refractivity contribution in [1.82, 2.24) is 20.6 Å². The summed E-state index contributed by atoms with van der Waals surface area (Å²) in [7, 11) is 1.60. The second-order valence-corrected chi connectivity index (χ2v) is 5.75. The number of H-pyrrole nitrogens is 1. The number of aromatic amines is 1. The maximum Gasteiger partial charge on any atom is 0.235 e. The van der Waals surface area contributed by atoms with Crippen LogP contribution in [0.1, 0.15) is 17.3 Å². The molecule has 128 valence electrons. The Morgan fingerprint density at radius 2 is 2.12 bits per heavy atom. The number of benzene rings is 2. The van der Waals surface area contributed by atoms with Crippen LogP contribution in [0.5, 0.6) is 5.75 Å². The molecule has 8 heteroatoms. The summed E-state index contributed by atoms with van der Waals surface area (Å²) in [5.74, 6) is 0.141. The third kappa shape index (κ3) is 4.13. The maximum atomic E-state index is 12.8. The average molecular weight is 358 g/mol. The van der Waals surface area contributed by atoms with Gasteiger partial charge in [-0.15, -0.1) is 10.2 Å². The molecule has 0 aliphatic rings. The van der Waals surface area contributed by atoms with Crippen molar-refractivity contribution in [1.29, 1.82) is 0 Å². The normalized spacial score (nSPS) is 11.8. The van der Waals surface area contributed by atoms with Gasteiger partial charge in [0.05, 0.1) is 17.8 Å². The Kier molecular flexibility index (Phi) is 5.25. The number of tetrazole rings is 1. The van der Waals surface area contributed by atoms with E-state index in [-0.39, 0.29) is 5.91 Å². The standard InChI is InChI=1S/C17H16ClN5O2/c1-25-12-6-4-5-11(9-12)10-13(16-20-22-23-21-16)17(24)19-15-8-3-2-7-14(15)18/h2-9,13H,10H2,1H3,(H,19,24)(H,20,21,22,23)/t13-/m0/s1. The molecule has 0 saturated carbocycles. The third-order valence-corrected chi connectivity index (χ3v) is 4.03. The predicted molar refractivity (Wildman–Crippen MR) is 93.7 cm³/mol. The highest BCUT2D eigenvalue weighted by Crippen LogP contribution is 2.25. The van der Waals surface area contributed by atoms with E-state index in [0.29, 0.717) is 23.0 Å². The smallest absolute Gasteiger partial charge is 0.235 e. The van der Waals surface area contributed by atoms with Crippen molar-refractivity contribution in [2.75, 3.05) is 12.4 Å². The molecule has 0 radical (unpaired) electrons. The van der Waals surface area contributed by atoms with E-state index < -0.39 is 5.92 Å². The second kappa shape index (κ2) is 7.76. The number of methoxy groups -OCH3 is 1. The summed E-state index contributed by atoms with van der Waals surface area (Å²) in [5, 5.41) is 17.2. The molecule has 0 unspecified atom stereocenters. The fraction of sp³-hybridized carbons (Fsp3) is 0.176. The lowest BCUT2D eigenvalue weighted by atomic mass is 9.97. The van der Waals surface area contributed by atoms with Crippen LogP contribution < -0.4 is 10.1 Å². The first-order valence-electron chi connectivity index (χ1n) is 7.59. The number of aromatic nitrogens is 4. The van der Waals surface area contributed by atoms with Crippen LogP contribution in [0.4, 0.5) is 5.69 Å². The minimum atomic E-state index is -0.623. The molecule has 2 N–H and O–H groups in total. The van der Waals surface area contributed by atoms with E-state index >= 15 is 0 Å². The number of amides is 1. The Labute approximate surface area is 149 Å². The molecule has 0 spiro atoms. The van der Waals surface area contributed by atoms with Crippen molar-refractivity contribution < 1.29 is 9.53 Å². The molecule has 1 heterocycles. The van der Waals surface area contributed by atoms with Gasteiger partial charge < -0.3 is 10.1 Å². The van der Waals surface area contributed by atoms with Crippen LogP contribution in [0.2, 0.25) is 5.02 Å². The molecule has 0 bridgehead atoms. The van der Waals surface area contributed by atoms with Crippen LogP contribution in [-0.4, -0.2) is 33.6 Å². The molecule has 0 aliphatic heterocycles. The Bertz CT molecular complexity index is 854. The van der Waals surface area contributed by atoms with Crippen LogP contribution >= 0.6 is 11.6 Å². The quantitative estimate of drug-likeness (QED) is 0.707. The van der Waals surface area contributed by atoms with Gasteiger partial charge in [0.25, 0.3) is 0 Å². The summed E-state index contributed by atoms with van der Waals surface area (Å²) in [5.41, 5.74) is 1.46. The lowest BCUT2D eigenvalue weighted by molar-refractivity contribution is -0.117. The van der Waals surface area contributed by atoms with Gasteiger partial charge in [-0.3, -0.25) is 4.79 Å². The fourth-order valence-electron chi connectivity index (χ4n) is 2.44. The van der Waals surface area contributed by atoms with Crippen molar-refractivity contribution in [2.24, 2.45) is 0 Å². The molecule has 0 saturated heterocycles. The van der Waals surface area contributed by atoms with Crippen LogP contribution in [0.25, 0.3) is 0 Å². The molecular formula is C17H16ClN5O2. The van der Waals surface area contributed by atoms with E-state index in [2.05, 4.69) is 25.9 Å². The lowest BCUT2D eigenvalue weighted by Crippen LogP contribution is -2.24. The SMILES string of the molecule is COc1cccc(C[C@H](C(=O)Nc2ccccc2Cl)c2nn[nH]n2)c1. The molecule has 1 amide bonds. The first-order valence-corrected chi connectivity index (χ1v) is 7.97. The van der Waals surface area contributed by atoms with E-state index in [1.165, 1.54) is 0 Å². The van der Waals surface area contributed by atoms with Crippen molar-refractivity contribution in [3.63, 3.8) is 0 Å². The van der Waals surface area contributed by atoms with Crippen molar-refractivity contribution in [2.45, 2.75) is 12.3 Å². The van der Waals surface area contributed by atoms with Crippen LogP contribution in [0.15, 0.2) is 48.5 Å². The first-order chi connectivity index (χ1) is 12.2. The van der Waals surface area contributed by atoms with E-state index in [4.69, 9.17) is 16.3 Å². The monoisotopic (exact) mass is 357 g/mol. The number of ether oxygens (including phenoxy) is 1. The van der Waals surface area contributed by atoms with Gasteiger partial charge >= 0.3 is 0 Å². The summed E-state index contributed by atoms with van der Waals surface area (Å²) in [4.78, 5) is 12.8. The van der Waals surface area contributed by atoms with Gasteiger partial charge in [0.1, 0.15) is 11.7 Å². The zero-order valence-electron chi connectivity index (χ0n) is 13.4. The van der Waals surface area contributed by atoms with Gasteiger partial charge in [-0.2, -0.15) is 5.21 Å². The third-order valence-electron chi connectivity index (χ3n) is 3.70. The number of halogens is 1. The minimum absolute atomic E-state index is 0.266. The molecular weight excluding hydrogens is 342 g/mol. The number of hydrogen-bond acceptors (Lipinski definition) is 5. The minimum Gasteiger partial charge on any atom is -0.497 e. The highest BCUT2D eigenvalue weighted by Gasteiger charge is 2.26. The number of nitrogens with one attached hydrogen (secondary N) is 2. The molecule has 25 heavy (non-hydrogen) atoms. The molecule has 0 fully saturated rings. The Morgan fingerprint density at radius 1 is 1.28 bits per heavy atom. The van der Waals surface area contributed by atoms with E-state index in [1.807, 2.05) is 24.3 Å². The molecule has 1 aromatic heterocycles. The zero-order chi connectivity index (χ0) is 17.6. The number of carbonyl (C=O) groups is 1. The molecule has 3 aromatic rings. The number of rotatable bonds is 6. The molecule has 7 nitrogen and oxygen atoms in total. The van der Waals surface area contributed by atoms with Crippen LogP contribution in [0.3, 0.4) is 0 Å². The van der Waals surface area contributed by atoms with Crippen molar-refractivity contribution in [3.8, 4) is 5.75 Å². The number of para-hydroxylation sites is 1. The van der Waals surface area contributed by atoms with Crippen LogP contribution in [-0.2, 0) is 11.2 Å². The van der Waals surface area contributed by atoms with Crippen molar-refractivity contribution in [3.05, 3.63) is 64.9 Å². The zero-order valence-corrected chi connectivity index (χ0v) is 14.2.